The zero-order chi connectivity index (χ0) is 17.6. The van der Waals surface area contributed by atoms with Gasteiger partial charge >= 0.3 is 12.1 Å². The number of carbonyl (C=O) groups is 2. The van der Waals surface area contributed by atoms with E-state index in [0.717, 1.165) is 12.1 Å². The van der Waals surface area contributed by atoms with Crippen molar-refractivity contribution in [1.29, 1.82) is 0 Å². The van der Waals surface area contributed by atoms with E-state index < -0.39 is 29.7 Å². The van der Waals surface area contributed by atoms with Crippen molar-refractivity contribution in [3.05, 3.63) is 35.4 Å². The molecule has 2 unspecified atom stereocenters. The summed E-state index contributed by atoms with van der Waals surface area (Å²) in [5.41, 5.74) is -0.0975. The normalized spacial score (nSPS) is 14.1. The summed E-state index contributed by atoms with van der Waals surface area (Å²) < 4.78 is 37.5. The van der Waals surface area contributed by atoms with Gasteiger partial charge in [-0.05, 0) is 37.5 Å². The zero-order valence-corrected chi connectivity index (χ0v) is 13.0. The van der Waals surface area contributed by atoms with Gasteiger partial charge in [-0.15, -0.1) is 0 Å². The second kappa shape index (κ2) is 7.99. The summed E-state index contributed by atoms with van der Waals surface area (Å²) in [7, 11) is 0. The lowest BCUT2D eigenvalue weighted by molar-refractivity contribution is -0.138. The first-order valence-corrected chi connectivity index (χ1v) is 7.31. The molecule has 1 rings (SSSR count). The molecule has 0 aromatic heterocycles. The molecule has 1 aromatic carbocycles. The Morgan fingerprint density at radius 1 is 1.22 bits per heavy atom. The number of amides is 1. The first-order valence-electron chi connectivity index (χ1n) is 7.31. The average Bonchev–Trinajstić information content (AvgIpc) is 2.43. The van der Waals surface area contributed by atoms with E-state index >= 15 is 0 Å². The van der Waals surface area contributed by atoms with E-state index in [0.29, 0.717) is 18.4 Å². The number of hydrogen-bond acceptors (Lipinski definition) is 2. The van der Waals surface area contributed by atoms with Gasteiger partial charge in [-0.25, -0.2) is 0 Å². The molecule has 0 bridgehead atoms. The number of benzene rings is 1. The van der Waals surface area contributed by atoms with E-state index in [1.54, 1.807) is 13.8 Å². The van der Waals surface area contributed by atoms with Crippen molar-refractivity contribution in [2.75, 3.05) is 0 Å². The Morgan fingerprint density at radius 3 is 2.22 bits per heavy atom. The molecule has 2 atom stereocenters. The van der Waals surface area contributed by atoms with Gasteiger partial charge in [0.2, 0.25) is 5.91 Å². The summed E-state index contributed by atoms with van der Waals surface area (Å²) in [4.78, 5) is 22.7. The van der Waals surface area contributed by atoms with Crippen LogP contribution in [0.2, 0.25) is 0 Å². The van der Waals surface area contributed by atoms with Gasteiger partial charge in [0.1, 0.15) is 0 Å². The van der Waals surface area contributed by atoms with Crippen LogP contribution in [0.4, 0.5) is 13.2 Å². The lowest BCUT2D eigenvalue weighted by Gasteiger charge is -2.18. The Bertz CT molecular complexity index is 540. The van der Waals surface area contributed by atoms with Crippen LogP contribution < -0.4 is 5.32 Å². The standard InChI is InChI=1S/C16H20F3NO3/c1-3-12(15(23)20-10(2)8-14(21)22)9-11-4-6-13(7-5-11)16(17,18)19/h4-7,10,12H,3,8-9H2,1-2H3,(H,20,23)(H,21,22). The topological polar surface area (TPSA) is 66.4 Å². The molecule has 0 aliphatic heterocycles. The number of hydrogen-bond donors (Lipinski definition) is 2. The summed E-state index contributed by atoms with van der Waals surface area (Å²) in [5, 5.41) is 11.3. The van der Waals surface area contributed by atoms with Crippen molar-refractivity contribution >= 4 is 11.9 Å². The number of carbonyl (C=O) groups excluding carboxylic acids is 1. The maximum absolute atomic E-state index is 12.5. The van der Waals surface area contributed by atoms with Crippen LogP contribution in [0.15, 0.2) is 24.3 Å². The highest BCUT2D eigenvalue weighted by atomic mass is 19.4. The van der Waals surface area contributed by atoms with Gasteiger partial charge in [0.15, 0.2) is 0 Å². The minimum Gasteiger partial charge on any atom is -0.481 e. The van der Waals surface area contributed by atoms with Gasteiger partial charge < -0.3 is 10.4 Å². The summed E-state index contributed by atoms with van der Waals surface area (Å²) in [6.07, 6.45) is -3.75. The molecule has 1 amide bonds. The van der Waals surface area contributed by atoms with Gasteiger partial charge in [0.05, 0.1) is 12.0 Å². The maximum Gasteiger partial charge on any atom is 0.416 e. The molecule has 0 spiro atoms. The van der Waals surface area contributed by atoms with Crippen molar-refractivity contribution in [3.63, 3.8) is 0 Å². The van der Waals surface area contributed by atoms with E-state index in [4.69, 9.17) is 5.11 Å². The van der Waals surface area contributed by atoms with E-state index in [2.05, 4.69) is 5.32 Å². The molecule has 1 aromatic rings. The predicted octanol–water partition coefficient (Wildman–Crippen LogP) is 3.25. The van der Waals surface area contributed by atoms with Crippen LogP contribution in [0.25, 0.3) is 0 Å². The highest BCUT2D eigenvalue weighted by molar-refractivity contribution is 5.80. The summed E-state index contributed by atoms with van der Waals surface area (Å²) in [6.45, 7) is 3.40. The number of nitrogens with one attached hydrogen (secondary N) is 1. The fourth-order valence-corrected chi connectivity index (χ4v) is 2.21. The number of carboxylic acid groups (broad SMARTS) is 1. The molecule has 7 heteroatoms. The van der Waals surface area contributed by atoms with Crippen LogP contribution in [-0.2, 0) is 22.2 Å². The van der Waals surface area contributed by atoms with E-state index in [9.17, 15) is 22.8 Å². The molecule has 23 heavy (non-hydrogen) atoms. The highest BCUT2D eigenvalue weighted by Gasteiger charge is 2.30. The molecule has 0 saturated heterocycles. The van der Waals surface area contributed by atoms with Gasteiger partial charge in [0.25, 0.3) is 0 Å². The van der Waals surface area contributed by atoms with E-state index in [1.165, 1.54) is 12.1 Å². The van der Waals surface area contributed by atoms with Crippen LogP contribution in [0, 0.1) is 5.92 Å². The smallest absolute Gasteiger partial charge is 0.416 e. The fraction of sp³-hybridized carbons (Fsp3) is 0.500. The monoisotopic (exact) mass is 331 g/mol. The van der Waals surface area contributed by atoms with E-state index in [1.807, 2.05) is 0 Å². The Hall–Kier alpha value is -2.05. The van der Waals surface area contributed by atoms with E-state index in [-0.39, 0.29) is 12.3 Å². The van der Waals surface area contributed by atoms with Gasteiger partial charge in [-0.1, -0.05) is 19.1 Å². The lowest BCUT2D eigenvalue weighted by atomic mass is 9.95. The Morgan fingerprint density at radius 2 is 1.78 bits per heavy atom. The summed E-state index contributed by atoms with van der Waals surface area (Å²) in [6, 6.07) is 4.21. The Kier molecular flexibility index (Phi) is 6.60. The van der Waals surface area contributed by atoms with Gasteiger partial charge in [-0.3, -0.25) is 9.59 Å². The Labute approximate surface area is 132 Å². The summed E-state index contributed by atoms with van der Waals surface area (Å²) >= 11 is 0. The largest absolute Gasteiger partial charge is 0.481 e. The van der Waals surface area contributed by atoms with Crippen molar-refractivity contribution in [3.8, 4) is 0 Å². The van der Waals surface area contributed by atoms with Crippen molar-refractivity contribution < 1.29 is 27.9 Å². The number of carboxylic acids is 1. The molecule has 2 N–H and O–H groups in total. The number of halogens is 3. The van der Waals surface area contributed by atoms with Crippen LogP contribution in [0.3, 0.4) is 0 Å². The molecule has 0 aliphatic carbocycles. The molecular weight excluding hydrogens is 311 g/mol. The van der Waals surface area contributed by atoms with Crippen LogP contribution in [0.1, 0.15) is 37.8 Å². The second-order valence-corrected chi connectivity index (χ2v) is 5.51. The zero-order valence-electron chi connectivity index (χ0n) is 13.0. The predicted molar refractivity (Wildman–Crippen MR) is 78.8 cm³/mol. The second-order valence-electron chi connectivity index (χ2n) is 5.51. The van der Waals surface area contributed by atoms with Crippen LogP contribution >= 0.6 is 0 Å². The third kappa shape index (κ3) is 6.30. The maximum atomic E-state index is 12.5. The number of alkyl halides is 3. The third-order valence-electron chi connectivity index (χ3n) is 3.50. The quantitative estimate of drug-likeness (QED) is 0.806. The number of aliphatic carboxylic acids is 1. The average molecular weight is 331 g/mol. The lowest BCUT2D eigenvalue weighted by Crippen LogP contribution is -2.39. The first-order chi connectivity index (χ1) is 10.6. The molecule has 0 radical (unpaired) electrons. The van der Waals surface area contributed by atoms with Gasteiger partial charge in [-0.2, -0.15) is 13.2 Å². The van der Waals surface area contributed by atoms with Crippen LogP contribution in [0.5, 0.6) is 0 Å². The first kappa shape index (κ1) is 19.0. The molecular formula is C16H20F3NO3. The van der Waals surface area contributed by atoms with Crippen LogP contribution in [-0.4, -0.2) is 23.0 Å². The molecule has 0 fully saturated rings. The minimum atomic E-state index is -4.38. The number of rotatable bonds is 7. The van der Waals surface area contributed by atoms with Crippen molar-refractivity contribution in [2.45, 2.75) is 45.3 Å². The molecule has 128 valence electrons. The third-order valence-corrected chi connectivity index (χ3v) is 3.50. The van der Waals surface area contributed by atoms with Crippen molar-refractivity contribution in [1.82, 2.24) is 5.32 Å². The van der Waals surface area contributed by atoms with Gasteiger partial charge in [0, 0.05) is 12.0 Å². The molecule has 0 aliphatic rings. The SMILES string of the molecule is CCC(Cc1ccc(C(F)(F)F)cc1)C(=O)NC(C)CC(=O)O. The molecule has 0 saturated carbocycles. The van der Waals surface area contributed by atoms with Crippen molar-refractivity contribution in [2.24, 2.45) is 5.92 Å². The minimum absolute atomic E-state index is 0.178. The highest BCUT2D eigenvalue weighted by Crippen LogP contribution is 2.29. The molecule has 0 heterocycles. The Balaban J connectivity index is 2.68. The molecule has 4 nitrogen and oxygen atoms in total. The summed E-state index contributed by atoms with van der Waals surface area (Å²) in [5.74, 6) is -1.71. The fourth-order valence-electron chi connectivity index (χ4n) is 2.21.